The maximum absolute atomic E-state index is 13.1. The van der Waals surface area contributed by atoms with Crippen molar-refractivity contribution in [2.45, 2.75) is 24.3 Å². The Morgan fingerprint density at radius 1 is 1.18 bits per heavy atom. The van der Waals surface area contributed by atoms with Crippen molar-refractivity contribution in [2.24, 2.45) is 11.3 Å². The second-order valence-corrected chi connectivity index (χ2v) is 10.4. The highest BCUT2D eigenvalue weighted by molar-refractivity contribution is 7.89. The molecule has 1 amide bonds. The topological polar surface area (TPSA) is 75.7 Å². The number of carbonyl (C=O) groups is 1. The number of sulfonamides is 1. The van der Waals surface area contributed by atoms with Crippen molar-refractivity contribution in [1.82, 2.24) is 9.62 Å². The third-order valence-corrected chi connectivity index (χ3v) is 8.52. The van der Waals surface area contributed by atoms with Gasteiger partial charge in [-0.3, -0.25) is 4.79 Å². The molecule has 0 bridgehead atoms. The molecule has 0 aliphatic carbocycles. The summed E-state index contributed by atoms with van der Waals surface area (Å²) in [6.07, 6.45) is 1.40. The molecule has 0 unspecified atom stereocenters. The van der Waals surface area contributed by atoms with Crippen molar-refractivity contribution in [2.75, 3.05) is 26.3 Å². The fourth-order valence-corrected chi connectivity index (χ4v) is 6.42. The summed E-state index contributed by atoms with van der Waals surface area (Å²) in [4.78, 5) is 14.4. The van der Waals surface area contributed by atoms with E-state index in [1.165, 1.54) is 4.31 Å². The van der Waals surface area contributed by atoms with Crippen LogP contribution in [0.3, 0.4) is 0 Å². The summed E-state index contributed by atoms with van der Waals surface area (Å²) < 4.78 is 33.3. The van der Waals surface area contributed by atoms with E-state index in [0.717, 1.165) is 4.88 Å². The maximum Gasteiger partial charge on any atom is 0.243 e. The zero-order valence-electron chi connectivity index (χ0n) is 15.5. The Morgan fingerprint density at radius 2 is 1.93 bits per heavy atom. The Balaban J connectivity index is 1.56. The Kier molecular flexibility index (Phi) is 5.55. The van der Waals surface area contributed by atoms with Gasteiger partial charge < -0.3 is 10.1 Å². The van der Waals surface area contributed by atoms with E-state index in [2.05, 4.69) is 5.32 Å². The van der Waals surface area contributed by atoms with E-state index in [4.69, 9.17) is 4.74 Å². The third kappa shape index (κ3) is 3.74. The maximum atomic E-state index is 13.1. The average Bonchev–Trinajstić information content (AvgIpc) is 3.36. The zero-order valence-corrected chi connectivity index (χ0v) is 17.2. The van der Waals surface area contributed by atoms with Crippen LogP contribution in [0.1, 0.15) is 17.7 Å². The standard InChI is InChI=1S/C20H24N2O4S2/c23-19(21-13-16-5-4-12-27-16)18-14-22(15-20(18)8-10-26-11-9-20)28(24,25)17-6-2-1-3-7-17/h1-7,12,18H,8-11,13-15H2,(H,21,23)/t18-/m0/s1. The van der Waals surface area contributed by atoms with Crippen LogP contribution in [0.2, 0.25) is 0 Å². The first-order valence-corrected chi connectivity index (χ1v) is 11.8. The molecule has 2 saturated heterocycles. The van der Waals surface area contributed by atoms with Crippen molar-refractivity contribution >= 4 is 27.3 Å². The van der Waals surface area contributed by atoms with Crippen LogP contribution in [0.25, 0.3) is 0 Å². The van der Waals surface area contributed by atoms with E-state index in [0.29, 0.717) is 39.1 Å². The molecule has 1 aromatic carbocycles. The normalized spacial score (nSPS) is 22.4. The van der Waals surface area contributed by atoms with E-state index in [9.17, 15) is 13.2 Å². The molecule has 2 aliphatic heterocycles. The van der Waals surface area contributed by atoms with Gasteiger partial charge in [-0.15, -0.1) is 11.3 Å². The number of ether oxygens (including phenoxy) is 1. The van der Waals surface area contributed by atoms with Gasteiger partial charge in [-0.05, 0) is 36.4 Å². The molecule has 2 aromatic rings. The van der Waals surface area contributed by atoms with Crippen molar-refractivity contribution in [3.8, 4) is 0 Å². The van der Waals surface area contributed by atoms with E-state index < -0.39 is 10.0 Å². The van der Waals surface area contributed by atoms with Crippen molar-refractivity contribution in [3.63, 3.8) is 0 Å². The van der Waals surface area contributed by atoms with Gasteiger partial charge in [0.2, 0.25) is 15.9 Å². The van der Waals surface area contributed by atoms with Crippen molar-refractivity contribution in [1.29, 1.82) is 0 Å². The predicted octanol–water partition coefficient (Wildman–Crippen LogP) is 2.48. The van der Waals surface area contributed by atoms with Gasteiger partial charge >= 0.3 is 0 Å². The second-order valence-electron chi connectivity index (χ2n) is 7.44. The molecule has 28 heavy (non-hydrogen) atoms. The van der Waals surface area contributed by atoms with Gasteiger partial charge in [0.1, 0.15) is 0 Å². The lowest BCUT2D eigenvalue weighted by Crippen LogP contribution is -2.44. The van der Waals surface area contributed by atoms with Gasteiger partial charge in [0.05, 0.1) is 17.4 Å². The molecule has 8 heteroatoms. The Bertz CT molecular complexity index is 907. The van der Waals surface area contributed by atoms with Gasteiger partial charge in [-0.1, -0.05) is 24.3 Å². The number of hydrogen-bond donors (Lipinski definition) is 1. The zero-order chi connectivity index (χ0) is 19.6. The minimum atomic E-state index is -3.62. The number of benzene rings is 1. The quantitative estimate of drug-likeness (QED) is 0.806. The lowest BCUT2D eigenvalue weighted by molar-refractivity contribution is -0.130. The molecule has 0 saturated carbocycles. The summed E-state index contributed by atoms with van der Waals surface area (Å²) in [5.74, 6) is -0.434. The van der Waals surface area contributed by atoms with Crippen LogP contribution < -0.4 is 5.32 Å². The smallest absolute Gasteiger partial charge is 0.243 e. The molecule has 4 rings (SSSR count). The van der Waals surface area contributed by atoms with Gasteiger partial charge in [-0.2, -0.15) is 4.31 Å². The first kappa shape index (κ1) is 19.6. The molecule has 3 heterocycles. The molecule has 2 fully saturated rings. The Labute approximate surface area is 169 Å². The van der Waals surface area contributed by atoms with Gasteiger partial charge in [0, 0.05) is 36.6 Å². The Hall–Kier alpha value is -1.74. The van der Waals surface area contributed by atoms with Gasteiger partial charge in [0.15, 0.2) is 0 Å². The highest BCUT2D eigenvalue weighted by Gasteiger charge is 2.53. The molecule has 2 aliphatic rings. The number of thiophene rings is 1. The highest BCUT2D eigenvalue weighted by atomic mass is 32.2. The summed E-state index contributed by atoms with van der Waals surface area (Å²) in [6, 6.07) is 12.4. The van der Waals surface area contributed by atoms with Crippen LogP contribution in [0.4, 0.5) is 0 Å². The predicted molar refractivity (Wildman–Crippen MR) is 107 cm³/mol. The Morgan fingerprint density at radius 3 is 2.61 bits per heavy atom. The fraction of sp³-hybridized carbons (Fsp3) is 0.450. The molecule has 6 nitrogen and oxygen atoms in total. The van der Waals surface area contributed by atoms with Crippen LogP contribution in [0.5, 0.6) is 0 Å². The summed E-state index contributed by atoms with van der Waals surface area (Å²) in [5.41, 5.74) is -0.361. The lowest BCUT2D eigenvalue weighted by atomic mass is 9.72. The first-order chi connectivity index (χ1) is 13.5. The average molecular weight is 421 g/mol. The fourth-order valence-electron chi connectivity index (χ4n) is 4.20. The van der Waals surface area contributed by atoms with Crippen molar-refractivity contribution < 1.29 is 17.9 Å². The van der Waals surface area contributed by atoms with Crippen LogP contribution in [-0.4, -0.2) is 44.9 Å². The van der Waals surface area contributed by atoms with E-state index >= 15 is 0 Å². The van der Waals surface area contributed by atoms with E-state index in [1.807, 2.05) is 17.5 Å². The van der Waals surface area contributed by atoms with E-state index in [1.54, 1.807) is 41.7 Å². The first-order valence-electron chi connectivity index (χ1n) is 9.44. The van der Waals surface area contributed by atoms with Gasteiger partial charge in [-0.25, -0.2) is 8.42 Å². The molecule has 150 valence electrons. The monoisotopic (exact) mass is 420 g/mol. The third-order valence-electron chi connectivity index (χ3n) is 5.82. The van der Waals surface area contributed by atoms with Gasteiger partial charge in [0.25, 0.3) is 0 Å². The molecule has 1 N–H and O–H groups in total. The number of nitrogens with zero attached hydrogens (tertiary/aromatic N) is 1. The molecular weight excluding hydrogens is 396 g/mol. The summed E-state index contributed by atoms with van der Waals surface area (Å²) in [5, 5.41) is 5.00. The lowest BCUT2D eigenvalue weighted by Gasteiger charge is -2.37. The number of amides is 1. The number of rotatable bonds is 5. The molecular formula is C20H24N2O4S2. The minimum absolute atomic E-state index is 0.0685. The van der Waals surface area contributed by atoms with Crippen LogP contribution >= 0.6 is 11.3 Å². The largest absolute Gasteiger partial charge is 0.381 e. The molecule has 1 spiro atoms. The van der Waals surface area contributed by atoms with Crippen LogP contribution in [-0.2, 0) is 26.1 Å². The highest BCUT2D eigenvalue weighted by Crippen LogP contribution is 2.46. The summed E-state index contributed by atoms with van der Waals surface area (Å²) >= 11 is 1.60. The van der Waals surface area contributed by atoms with Crippen LogP contribution in [0, 0.1) is 11.3 Å². The SMILES string of the molecule is O=C(NCc1cccs1)[C@@H]1CN(S(=O)(=O)c2ccccc2)CC12CCOCC2. The minimum Gasteiger partial charge on any atom is -0.381 e. The molecule has 1 atom stereocenters. The van der Waals surface area contributed by atoms with Crippen LogP contribution in [0.15, 0.2) is 52.7 Å². The molecule has 1 aromatic heterocycles. The summed E-state index contributed by atoms with van der Waals surface area (Å²) in [6.45, 7) is 2.19. The number of carbonyl (C=O) groups excluding carboxylic acids is 1. The number of nitrogens with one attached hydrogen (secondary N) is 1. The van der Waals surface area contributed by atoms with Crippen molar-refractivity contribution in [3.05, 3.63) is 52.7 Å². The second kappa shape index (κ2) is 7.94. The molecule has 0 radical (unpaired) electrons. The number of hydrogen-bond acceptors (Lipinski definition) is 5. The summed E-state index contributed by atoms with van der Waals surface area (Å²) in [7, 11) is -3.62. The van der Waals surface area contributed by atoms with E-state index in [-0.39, 0.29) is 28.7 Å².